The van der Waals surface area contributed by atoms with Crippen LogP contribution in [0.4, 0.5) is 0 Å². The zero-order chi connectivity index (χ0) is 18.1. The average Bonchev–Trinajstić information content (AvgIpc) is 3.36. The third-order valence-electron chi connectivity index (χ3n) is 5.26. The van der Waals surface area contributed by atoms with E-state index in [1.807, 2.05) is 12.4 Å². The molecule has 1 saturated heterocycles. The van der Waals surface area contributed by atoms with Crippen molar-refractivity contribution in [3.05, 3.63) is 54.0 Å². The monoisotopic (exact) mass is 364 g/mol. The molecule has 3 aromatic rings. The summed E-state index contributed by atoms with van der Waals surface area (Å²) in [6.45, 7) is 7.40. The molecule has 4 heterocycles. The van der Waals surface area contributed by atoms with Crippen LogP contribution in [-0.2, 0) is 24.4 Å². The van der Waals surface area contributed by atoms with Crippen molar-refractivity contribution in [3.8, 4) is 17.2 Å². The minimum atomic E-state index is 0.834. The topological polar surface area (TPSA) is 60.1 Å². The highest BCUT2D eigenvalue weighted by Crippen LogP contribution is 2.23. The number of nitrogens with one attached hydrogen (secondary N) is 1. The number of fused-ring (bicyclic) bond motifs is 1. The Morgan fingerprint density at radius 2 is 1.93 bits per heavy atom. The molecule has 0 spiro atoms. The summed E-state index contributed by atoms with van der Waals surface area (Å²) in [6, 6.07) is 10.9. The molecule has 0 unspecified atom stereocenters. The van der Waals surface area contributed by atoms with Gasteiger partial charge in [0, 0.05) is 50.8 Å². The second-order valence-corrected chi connectivity index (χ2v) is 7.10. The number of benzene rings is 1. The molecule has 2 aliphatic heterocycles. The molecule has 0 bridgehead atoms. The molecule has 0 aliphatic carbocycles. The number of rotatable bonds is 4. The van der Waals surface area contributed by atoms with Crippen LogP contribution >= 0.6 is 0 Å². The minimum Gasteiger partial charge on any atom is -0.379 e. The van der Waals surface area contributed by atoms with Crippen molar-refractivity contribution in [3.63, 3.8) is 0 Å². The molecular weight excluding hydrogens is 340 g/mol. The van der Waals surface area contributed by atoms with Crippen LogP contribution in [0.3, 0.4) is 0 Å². The molecule has 7 nitrogen and oxygen atoms in total. The molecule has 7 heteroatoms. The fourth-order valence-electron chi connectivity index (χ4n) is 3.78. The molecule has 0 atom stereocenters. The van der Waals surface area contributed by atoms with Gasteiger partial charge in [0.15, 0.2) is 5.82 Å². The van der Waals surface area contributed by atoms with E-state index < -0.39 is 0 Å². The van der Waals surface area contributed by atoms with Gasteiger partial charge in [-0.15, -0.1) is 0 Å². The van der Waals surface area contributed by atoms with E-state index in [1.54, 1.807) is 0 Å². The Labute approximate surface area is 158 Å². The zero-order valence-corrected chi connectivity index (χ0v) is 15.3. The lowest BCUT2D eigenvalue weighted by Crippen LogP contribution is -2.35. The van der Waals surface area contributed by atoms with E-state index >= 15 is 0 Å². The number of nitrogens with zero attached hydrogens (tertiary/aromatic N) is 5. The molecule has 27 heavy (non-hydrogen) atoms. The van der Waals surface area contributed by atoms with E-state index in [2.05, 4.69) is 54.8 Å². The Balaban J connectivity index is 1.37. The van der Waals surface area contributed by atoms with Crippen molar-refractivity contribution < 1.29 is 4.74 Å². The number of aromatic nitrogens is 4. The van der Waals surface area contributed by atoms with E-state index in [4.69, 9.17) is 9.84 Å². The Morgan fingerprint density at radius 1 is 1.07 bits per heavy atom. The van der Waals surface area contributed by atoms with Crippen molar-refractivity contribution in [2.24, 2.45) is 0 Å². The lowest BCUT2D eigenvalue weighted by Gasteiger charge is -2.26. The van der Waals surface area contributed by atoms with E-state index in [9.17, 15) is 0 Å². The van der Waals surface area contributed by atoms with Crippen molar-refractivity contribution >= 4 is 0 Å². The number of hydrogen-bond acceptors (Lipinski definition) is 5. The highest BCUT2D eigenvalue weighted by atomic mass is 16.5. The summed E-state index contributed by atoms with van der Waals surface area (Å²) in [5.74, 6) is 0.887. The quantitative estimate of drug-likeness (QED) is 0.763. The zero-order valence-electron chi connectivity index (χ0n) is 15.3. The Bertz CT molecular complexity index is 883. The van der Waals surface area contributed by atoms with Crippen LogP contribution in [0, 0.1) is 0 Å². The maximum absolute atomic E-state index is 5.43. The van der Waals surface area contributed by atoms with Gasteiger partial charge in [-0.3, -0.25) is 14.1 Å². The average molecular weight is 364 g/mol. The maximum Gasteiger partial charge on any atom is 0.165 e. The number of ether oxygens (including phenoxy) is 1. The second kappa shape index (κ2) is 7.26. The normalized spacial score (nSPS) is 17.8. The highest BCUT2D eigenvalue weighted by molar-refractivity contribution is 5.55. The van der Waals surface area contributed by atoms with Crippen LogP contribution in [0.1, 0.15) is 11.3 Å². The van der Waals surface area contributed by atoms with Gasteiger partial charge in [-0.2, -0.15) is 5.10 Å². The summed E-state index contributed by atoms with van der Waals surface area (Å²) >= 11 is 0. The summed E-state index contributed by atoms with van der Waals surface area (Å²) in [6.07, 6.45) is 3.84. The van der Waals surface area contributed by atoms with Crippen LogP contribution in [0.25, 0.3) is 17.2 Å². The first-order valence-electron chi connectivity index (χ1n) is 9.57. The molecule has 2 aromatic heterocycles. The van der Waals surface area contributed by atoms with Gasteiger partial charge in [0.2, 0.25) is 0 Å². The molecule has 1 aromatic carbocycles. The minimum absolute atomic E-state index is 0.834. The second-order valence-electron chi connectivity index (χ2n) is 7.10. The highest BCUT2D eigenvalue weighted by Gasteiger charge is 2.17. The fraction of sp³-hybridized carbons (Fsp3) is 0.400. The molecule has 0 saturated carbocycles. The lowest BCUT2D eigenvalue weighted by atomic mass is 10.2. The first kappa shape index (κ1) is 16.7. The van der Waals surface area contributed by atoms with Crippen LogP contribution in [-0.4, -0.2) is 57.1 Å². The third kappa shape index (κ3) is 3.41. The van der Waals surface area contributed by atoms with Crippen LogP contribution < -0.4 is 5.32 Å². The van der Waals surface area contributed by atoms with Gasteiger partial charge < -0.3 is 10.1 Å². The van der Waals surface area contributed by atoms with Gasteiger partial charge in [0.05, 0.1) is 25.5 Å². The maximum atomic E-state index is 5.43. The van der Waals surface area contributed by atoms with E-state index in [-0.39, 0.29) is 0 Å². The van der Waals surface area contributed by atoms with Gasteiger partial charge in [-0.05, 0) is 23.8 Å². The van der Waals surface area contributed by atoms with Crippen LogP contribution in [0.5, 0.6) is 0 Å². The van der Waals surface area contributed by atoms with E-state index in [1.165, 1.54) is 11.3 Å². The van der Waals surface area contributed by atoms with Gasteiger partial charge >= 0.3 is 0 Å². The standard InChI is InChI=1S/C20H24N6O/c1-3-17(4-2-16(1)15-24-9-11-27-12-10-24)25-7-6-22-20(25)19-13-18-14-21-5-8-26(18)23-19/h1-4,6-7,13,21H,5,8-12,14-15H2. The Hall–Kier alpha value is -2.48. The molecule has 1 N–H and O–H groups in total. The summed E-state index contributed by atoms with van der Waals surface area (Å²) in [4.78, 5) is 7.00. The van der Waals surface area contributed by atoms with Gasteiger partial charge in [-0.1, -0.05) is 12.1 Å². The Morgan fingerprint density at radius 3 is 2.74 bits per heavy atom. The molecule has 5 rings (SSSR count). The van der Waals surface area contributed by atoms with Gasteiger partial charge in [0.1, 0.15) is 5.69 Å². The van der Waals surface area contributed by atoms with Gasteiger partial charge in [-0.25, -0.2) is 4.98 Å². The van der Waals surface area contributed by atoms with Gasteiger partial charge in [0.25, 0.3) is 0 Å². The summed E-state index contributed by atoms with van der Waals surface area (Å²) in [5, 5.41) is 8.13. The first-order valence-corrected chi connectivity index (χ1v) is 9.57. The van der Waals surface area contributed by atoms with Crippen LogP contribution in [0.2, 0.25) is 0 Å². The number of morpholine rings is 1. The molecule has 2 aliphatic rings. The molecule has 140 valence electrons. The summed E-state index contributed by atoms with van der Waals surface area (Å²) < 4.78 is 9.62. The van der Waals surface area contributed by atoms with Crippen molar-refractivity contribution in [1.29, 1.82) is 0 Å². The largest absolute Gasteiger partial charge is 0.379 e. The lowest BCUT2D eigenvalue weighted by molar-refractivity contribution is 0.0342. The molecule has 1 fully saturated rings. The van der Waals surface area contributed by atoms with E-state index in [0.717, 1.165) is 69.7 Å². The molecular formula is C20H24N6O. The molecule has 0 amide bonds. The van der Waals surface area contributed by atoms with E-state index in [0.29, 0.717) is 0 Å². The molecule has 0 radical (unpaired) electrons. The Kier molecular flexibility index (Phi) is 4.49. The van der Waals surface area contributed by atoms with Crippen molar-refractivity contribution in [2.45, 2.75) is 19.6 Å². The smallest absolute Gasteiger partial charge is 0.165 e. The SMILES string of the molecule is c1cn(-c2ccc(CN3CCOCC3)cc2)c(-c2cc3n(n2)CCNC3)n1. The number of imidazole rings is 1. The predicted octanol–water partition coefficient (Wildman–Crippen LogP) is 1.67. The van der Waals surface area contributed by atoms with Crippen molar-refractivity contribution in [1.82, 2.24) is 29.5 Å². The first-order chi connectivity index (χ1) is 13.4. The fourth-order valence-corrected chi connectivity index (χ4v) is 3.78. The number of hydrogen-bond donors (Lipinski definition) is 1. The summed E-state index contributed by atoms with van der Waals surface area (Å²) in [7, 11) is 0. The predicted molar refractivity (Wildman–Crippen MR) is 103 cm³/mol. The van der Waals surface area contributed by atoms with Crippen molar-refractivity contribution in [2.75, 3.05) is 32.8 Å². The summed E-state index contributed by atoms with van der Waals surface area (Å²) in [5.41, 5.74) is 4.57. The third-order valence-corrected chi connectivity index (χ3v) is 5.26. The van der Waals surface area contributed by atoms with Crippen LogP contribution in [0.15, 0.2) is 42.7 Å².